The summed E-state index contributed by atoms with van der Waals surface area (Å²) < 4.78 is 29.2. The van der Waals surface area contributed by atoms with Crippen LogP contribution in [0.25, 0.3) is 11.3 Å². The number of rotatable bonds is 5. The van der Waals surface area contributed by atoms with E-state index in [0.29, 0.717) is 16.8 Å². The third-order valence-corrected chi connectivity index (χ3v) is 4.12. The van der Waals surface area contributed by atoms with Gasteiger partial charge in [-0.05, 0) is 25.1 Å². The van der Waals surface area contributed by atoms with E-state index in [0.717, 1.165) is 19.5 Å². The smallest absolute Gasteiger partial charge is 0.387 e. The van der Waals surface area contributed by atoms with Crippen LogP contribution < -0.4 is 10.1 Å². The average molecular weight is 336 g/mol. The summed E-state index contributed by atoms with van der Waals surface area (Å²) >= 11 is 0. The molecule has 0 saturated carbocycles. The van der Waals surface area contributed by atoms with Gasteiger partial charge in [-0.3, -0.25) is 9.89 Å². The summed E-state index contributed by atoms with van der Waals surface area (Å²) in [6, 6.07) is 6.32. The van der Waals surface area contributed by atoms with Crippen LogP contribution in [0.2, 0.25) is 0 Å². The molecule has 1 amide bonds. The lowest BCUT2D eigenvalue weighted by Gasteiger charge is -2.23. The molecule has 0 spiro atoms. The highest BCUT2D eigenvalue weighted by Gasteiger charge is 2.26. The highest BCUT2D eigenvalue weighted by molar-refractivity contribution is 5.99. The van der Waals surface area contributed by atoms with Gasteiger partial charge in [0.15, 0.2) is 0 Å². The largest absolute Gasteiger partial charge is 0.435 e. The molecule has 24 heavy (non-hydrogen) atoms. The third kappa shape index (κ3) is 3.38. The van der Waals surface area contributed by atoms with Crippen LogP contribution in [0.5, 0.6) is 5.75 Å². The summed E-state index contributed by atoms with van der Waals surface area (Å²) in [5.74, 6) is -0.128. The number of nitrogens with zero attached hydrogens (tertiary/aromatic N) is 2. The van der Waals surface area contributed by atoms with Crippen LogP contribution in [0.3, 0.4) is 0 Å². The van der Waals surface area contributed by atoms with Gasteiger partial charge >= 0.3 is 6.61 Å². The van der Waals surface area contributed by atoms with E-state index in [1.807, 2.05) is 0 Å². The Hall–Kier alpha value is -2.48. The molecule has 1 saturated heterocycles. The van der Waals surface area contributed by atoms with E-state index in [1.165, 1.54) is 18.3 Å². The number of amides is 1. The molecule has 128 valence electrons. The second-order valence-corrected chi connectivity index (χ2v) is 5.63. The number of hydrogen-bond acceptors (Lipinski definition) is 4. The van der Waals surface area contributed by atoms with Gasteiger partial charge < -0.3 is 15.0 Å². The highest BCUT2D eigenvalue weighted by Crippen LogP contribution is 2.27. The van der Waals surface area contributed by atoms with Gasteiger partial charge in [0.25, 0.3) is 5.91 Å². The first-order chi connectivity index (χ1) is 11.6. The molecule has 1 atom stereocenters. The number of halogens is 2. The Morgan fingerprint density at radius 3 is 3.00 bits per heavy atom. The van der Waals surface area contributed by atoms with E-state index in [-0.39, 0.29) is 17.7 Å². The number of H-pyrrole nitrogens is 1. The number of likely N-dealkylation sites (N-methyl/N-ethyl adjacent to an activating group) is 1. The van der Waals surface area contributed by atoms with Gasteiger partial charge in [-0.1, -0.05) is 12.1 Å². The molecule has 1 aromatic heterocycles. The Kier molecular flexibility index (Phi) is 4.75. The molecule has 1 aromatic carbocycles. The minimum absolute atomic E-state index is 0.0313. The number of ether oxygens (including phenoxy) is 1. The van der Waals surface area contributed by atoms with Gasteiger partial charge in [0.1, 0.15) is 5.75 Å². The SMILES string of the molecule is CN(C(=O)c1cn[nH]c1-c1cccc(OC(F)F)c1)C1CCNC1. The van der Waals surface area contributed by atoms with Gasteiger partial charge in [-0.15, -0.1) is 0 Å². The van der Waals surface area contributed by atoms with Crippen molar-refractivity contribution in [1.29, 1.82) is 0 Å². The van der Waals surface area contributed by atoms with Crippen LogP contribution in [0.1, 0.15) is 16.8 Å². The first kappa shape index (κ1) is 16.4. The minimum atomic E-state index is -2.90. The average Bonchev–Trinajstić information content (AvgIpc) is 3.24. The number of hydrogen-bond donors (Lipinski definition) is 2. The Morgan fingerprint density at radius 2 is 2.29 bits per heavy atom. The number of aromatic nitrogens is 2. The lowest BCUT2D eigenvalue weighted by molar-refractivity contribution is -0.0498. The molecule has 8 heteroatoms. The number of nitrogens with one attached hydrogen (secondary N) is 2. The number of alkyl halides is 2. The zero-order valence-corrected chi connectivity index (χ0v) is 13.1. The van der Waals surface area contributed by atoms with Crippen molar-refractivity contribution in [2.24, 2.45) is 0 Å². The topological polar surface area (TPSA) is 70.2 Å². The highest BCUT2D eigenvalue weighted by atomic mass is 19.3. The molecule has 2 aromatic rings. The molecule has 1 unspecified atom stereocenters. The minimum Gasteiger partial charge on any atom is -0.435 e. The standard InChI is InChI=1S/C16H18F2N4O2/c1-22(11-5-6-19-8-11)15(23)13-9-20-21-14(13)10-3-2-4-12(7-10)24-16(17)18/h2-4,7,9,11,16,19H,5-6,8H2,1H3,(H,20,21). The number of benzene rings is 1. The van der Waals surface area contributed by atoms with Crippen molar-refractivity contribution in [1.82, 2.24) is 20.4 Å². The fourth-order valence-electron chi connectivity index (χ4n) is 2.82. The van der Waals surface area contributed by atoms with Crippen molar-refractivity contribution in [2.45, 2.75) is 19.1 Å². The summed E-state index contributed by atoms with van der Waals surface area (Å²) in [6.45, 7) is -1.26. The van der Waals surface area contributed by atoms with Crippen molar-refractivity contribution in [2.75, 3.05) is 20.1 Å². The van der Waals surface area contributed by atoms with Crippen molar-refractivity contribution >= 4 is 5.91 Å². The van der Waals surface area contributed by atoms with Crippen LogP contribution in [0.4, 0.5) is 8.78 Å². The van der Waals surface area contributed by atoms with Crippen LogP contribution in [-0.4, -0.2) is 53.8 Å². The molecule has 3 rings (SSSR count). The predicted octanol–water partition coefficient (Wildman–Crippen LogP) is 2.11. The molecular formula is C16H18F2N4O2. The van der Waals surface area contributed by atoms with Crippen molar-refractivity contribution in [3.63, 3.8) is 0 Å². The van der Waals surface area contributed by atoms with E-state index in [2.05, 4.69) is 20.3 Å². The summed E-state index contributed by atoms with van der Waals surface area (Å²) in [5.41, 5.74) is 1.45. The Bertz CT molecular complexity index is 714. The fraction of sp³-hybridized carbons (Fsp3) is 0.375. The zero-order valence-electron chi connectivity index (χ0n) is 13.1. The molecule has 1 aliphatic rings. The maximum absolute atomic E-state index is 12.7. The lowest BCUT2D eigenvalue weighted by atomic mass is 10.1. The van der Waals surface area contributed by atoms with Crippen LogP contribution in [0, 0.1) is 0 Å². The molecule has 2 heterocycles. The van der Waals surface area contributed by atoms with Gasteiger partial charge in [0, 0.05) is 25.2 Å². The second-order valence-electron chi connectivity index (χ2n) is 5.63. The Labute approximate surface area is 137 Å². The van der Waals surface area contributed by atoms with Gasteiger partial charge in [-0.2, -0.15) is 13.9 Å². The van der Waals surface area contributed by atoms with Crippen LogP contribution in [-0.2, 0) is 0 Å². The van der Waals surface area contributed by atoms with Crippen molar-refractivity contribution in [3.05, 3.63) is 36.0 Å². The van der Waals surface area contributed by atoms with Gasteiger partial charge in [0.2, 0.25) is 0 Å². The summed E-state index contributed by atoms with van der Waals surface area (Å²) in [4.78, 5) is 14.4. The summed E-state index contributed by atoms with van der Waals surface area (Å²) in [5, 5.41) is 9.94. The lowest BCUT2D eigenvalue weighted by Crippen LogP contribution is -2.38. The number of carbonyl (C=O) groups excluding carboxylic acids is 1. The maximum atomic E-state index is 12.7. The zero-order chi connectivity index (χ0) is 17.1. The molecule has 0 aliphatic carbocycles. The predicted molar refractivity (Wildman–Crippen MR) is 84.0 cm³/mol. The molecule has 6 nitrogen and oxygen atoms in total. The summed E-state index contributed by atoms with van der Waals surface area (Å²) in [7, 11) is 1.76. The van der Waals surface area contributed by atoms with E-state index >= 15 is 0 Å². The van der Waals surface area contributed by atoms with E-state index in [9.17, 15) is 13.6 Å². The Balaban J connectivity index is 1.86. The maximum Gasteiger partial charge on any atom is 0.387 e. The number of carbonyl (C=O) groups is 1. The first-order valence-electron chi connectivity index (χ1n) is 7.62. The monoisotopic (exact) mass is 336 g/mol. The molecule has 0 radical (unpaired) electrons. The van der Waals surface area contributed by atoms with Crippen molar-refractivity contribution < 1.29 is 18.3 Å². The molecule has 1 fully saturated rings. The normalized spacial score (nSPS) is 17.2. The van der Waals surface area contributed by atoms with Gasteiger partial charge in [0.05, 0.1) is 17.5 Å². The number of aromatic amines is 1. The first-order valence-corrected chi connectivity index (χ1v) is 7.62. The van der Waals surface area contributed by atoms with Crippen LogP contribution in [0.15, 0.2) is 30.5 Å². The third-order valence-electron chi connectivity index (χ3n) is 4.12. The molecule has 1 aliphatic heterocycles. The Morgan fingerprint density at radius 1 is 1.46 bits per heavy atom. The van der Waals surface area contributed by atoms with E-state index < -0.39 is 6.61 Å². The van der Waals surface area contributed by atoms with Gasteiger partial charge in [-0.25, -0.2) is 0 Å². The van der Waals surface area contributed by atoms with Crippen molar-refractivity contribution in [3.8, 4) is 17.0 Å². The second kappa shape index (κ2) is 6.96. The summed E-state index contributed by atoms with van der Waals surface area (Å²) in [6.07, 6.45) is 2.35. The molecule has 0 bridgehead atoms. The molecular weight excluding hydrogens is 318 g/mol. The van der Waals surface area contributed by atoms with E-state index in [1.54, 1.807) is 24.1 Å². The molecule has 2 N–H and O–H groups in total. The fourth-order valence-corrected chi connectivity index (χ4v) is 2.82. The van der Waals surface area contributed by atoms with E-state index in [4.69, 9.17) is 0 Å². The van der Waals surface area contributed by atoms with Crippen LogP contribution >= 0.6 is 0 Å². The quantitative estimate of drug-likeness (QED) is 0.877.